The van der Waals surface area contributed by atoms with E-state index in [1.54, 1.807) is 0 Å². The van der Waals surface area contributed by atoms with Crippen molar-refractivity contribution in [3.63, 3.8) is 0 Å². The first-order valence-corrected chi connectivity index (χ1v) is 23.3. The van der Waals surface area contributed by atoms with Gasteiger partial charge in [0.25, 0.3) is 0 Å². The molecule has 2 aliphatic rings. The van der Waals surface area contributed by atoms with Gasteiger partial charge < -0.3 is 0 Å². The van der Waals surface area contributed by atoms with Gasteiger partial charge in [-0.25, -0.2) is 0 Å². The molecule has 2 saturated heterocycles. The molecule has 0 spiro atoms. The SMILES string of the molecule is CCC[CH2][Sn]([CH2]CCC)([CH2]CCC)[c]1nc(N2CCOCC2)c2oc(CN3CCC(C(C)C)CC3)cc2n1. The van der Waals surface area contributed by atoms with E-state index in [9.17, 15) is 0 Å². The maximum atomic E-state index is 6.61. The number of furan rings is 1. The number of aromatic nitrogens is 2. The van der Waals surface area contributed by atoms with Gasteiger partial charge >= 0.3 is 237 Å². The van der Waals surface area contributed by atoms with Crippen LogP contribution in [-0.2, 0) is 11.3 Å². The first-order chi connectivity index (χ1) is 18.5. The van der Waals surface area contributed by atoms with Gasteiger partial charge in [-0.05, 0) is 0 Å². The Kier molecular flexibility index (Phi) is 11.6. The first-order valence-electron chi connectivity index (χ1n) is 15.9. The van der Waals surface area contributed by atoms with Crippen LogP contribution in [0.3, 0.4) is 0 Å². The molecule has 4 heterocycles. The summed E-state index contributed by atoms with van der Waals surface area (Å²) in [6, 6.07) is 2.26. The monoisotopic (exact) mass is 634 g/mol. The Bertz CT molecular complexity index is 958. The van der Waals surface area contributed by atoms with Crippen LogP contribution in [-0.4, -0.2) is 72.6 Å². The van der Waals surface area contributed by atoms with Crippen LogP contribution in [0.15, 0.2) is 10.5 Å². The van der Waals surface area contributed by atoms with Crippen LogP contribution in [0.5, 0.6) is 0 Å². The molecule has 0 saturated carbocycles. The van der Waals surface area contributed by atoms with Crippen molar-refractivity contribution >= 4 is 39.1 Å². The fourth-order valence-electron chi connectivity index (χ4n) is 6.52. The summed E-state index contributed by atoms with van der Waals surface area (Å²) in [4.78, 5) is 15.9. The van der Waals surface area contributed by atoms with E-state index >= 15 is 0 Å². The number of piperidine rings is 1. The molecule has 0 N–H and O–H groups in total. The van der Waals surface area contributed by atoms with Crippen molar-refractivity contribution in [1.29, 1.82) is 0 Å². The van der Waals surface area contributed by atoms with Crippen LogP contribution >= 0.6 is 0 Å². The van der Waals surface area contributed by atoms with E-state index in [2.05, 4.69) is 50.5 Å². The van der Waals surface area contributed by atoms with Crippen molar-refractivity contribution in [2.75, 3.05) is 44.3 Å². The number of rotatable bonds is 14. The molecular weight excluding hydrogens is 579 g/mol. The zero-order chi connectivity index (χ0) is 27.0. The topological polar surface area (TPSA) is 54.6 Å². The van der Waals surface area contributed by atoms with E-state index in [-0.39, 0.29) is 0 Å². The number of likely N-dealkylation sites (tertiary alicyclic amines) is 1. The Hall–Kier alpha value is -0.861. The molecule has 0 radical (unpaired) electrons. The quantitative estimate of drug-likeness (QED) is 0.209. The maximum absolute atomic E-state index is 6.61. The fraction of sp³-hybridized carbons (Fsp3) is 0.806. The molecule has 2 fully saturated rings. The molecule has 7 heteroatoms. The molecule has 38 heavy (non-hydrogen) atoms. The summed E-state index contributed by atoms with van der Waals surface area (Å²) >= 11 is -2.79. The van der Waals surface area contributed by atoms with Gasteiger partial charge in [0.1, 0.15) is 0 Å². The van der Waals surface area contributed by atoms with Gasteiger partial charge in [0, 0.05) is 0 Å². The third-order valence-corrected chi connectivity index (χ3v) is 23.7. The van der Waals surface area contributed by atoms with Gasteiger partial charge in [0.05, 0.1) is 0 Å². The van der Waals surface area contributed by atoms with E-state index in [0.717, 1.165) is 80.5 Å². The van der Waals surface area contributed by atoms with E-state index in [1.807, 2.05) is 0 Å². The Morgan fingerprint density at radius 2 is 1.50 bits per heavy atom. The standard InChI is InChI=1S/C19H27N4O2.3C4H9.Sn/c1-14(2)15-3-5-22(6-4-15)12-16-11-17-18(25-16)19(21-13-20-17)23-7-9-24-10-8-23;3*1-3-4-2;/h11,14-15H,3-10,12H2,1-2H3;3*1,3-4H2,2H3;. The van der Waals surface area contributed by atoms with Gasteiger partial charge in [0.15, 0.2) is 0 Å². The normalized spacial score (nSPS) is 18.2. The fourth-order valence-corrected chi connectivity index (χ4v) is 21.4. The van der Waals surface area contributed by atoms with Crippen molar-refractivity contribution in [2.24, 2.45) is 11.8 Å². The molecule has 0 bridgehead atoms. The molecule has 0 unspecified atom stereocenters. The van der Waals surface area contributed by atoms with Crippen molar-refractivity contribution in [3.8, 4) is 0 Å². The molecule has 0 aliphatic carbocycles. The van der Waals surface area contributed by atoms with Gasteiger partial charge in [-0.1, -0.05) is 0 Å². The van der Waals surface area contributed by atoms with Crippen LogP contribution < -0.4 is 8.74 Å². The number of fused-ring (bicyclic) bond motifs is 1. The van der Waals surface area contributed by atoms with E-state index in [4.69, 9.17) is 19.1 Å². The van der Waals surface area contributed by atoms with Gasteiger partial charge in [-0.2, -0.15) is 0 Å². The van der Waals surface area contributed by atoms with Gasteiger partial charge in [-0.15, -0.1) is 0 Å². The van der Waals surface area contributed by atoms with Crippen molar-refractivity contribution in [1.82, 2.24) is 14.9 Å². The molecular formula is C31H54N4O2Sn. The molecule has 214 valence electrons. The van der Waals surface area contributed by atoms with Crippen molar-refractivity contribution < 1.29 is 9.15 Å². The third-order valence-electron chi connectivity index (χ3n) is 9.17. The minimum absolute atomic E-state index is 0.759. The summed E-state index contributed by atoms with van der Waals surface area (Å²) in [6.07, 6.45) is 10.3. The second kappa shape index (κ2) is 14.7. The summed E-state index contributed by atoms with van der Waals surface area (Å²) in [5.41, 5.74) is 1.96. The van der Waals surface area contributed by atoms with Gasteiger partial charge in [-0.3, -0.25) is 0 Å². The van der Waals surface area contributed by atoms with Crippen LogP contribution in [0.1, 0.15) is 91.7 Å². The number of anilines is 1. The number of unbranched alkanes of at least 4 members (excludes halogenated alkanes) is 3. The van der Waals surface area contributed by atoms with Crippen molar-refractivity contribution in [2.45, 2.75) is 106 Å². The number of hydrogen-bond donors (Lipinski definition) is 0. The van der Waals surface area contributed by atoms with Crippen molar-refractivity contribution in [3.05, 3.63) is 11.8 Å². The summed E-state index contributed by atoms with van der Waals surface area (Å²) < 4.78 is 17.7. The van der Waals surface area contributed by atoms with Crippen LogP contribution in [0.25, 0.3) is 11.1 Å². The Morgan fingerprint density at radius 1 is 0.895 bits per heavy atom. The summed E-state index contributed by atoms with van der Waals surface area (Å²) in [7, 11) is 0. The number of ether oxygens (including phenoxy) is 1. The molecule has 0 aromatic carbocycles. The predicted molar refractivity (Wildman–Crippen MR) is 162 cm³/mol. The zero-order valence-electron chi connectivity index (χ0n) is 25.1. The number of morpholine rings is 1. The molecule has 6 nitrogen and oxygen atoms in total. The molecule has 2 aliphatic heterocycles. The Labute approximate surface area is 236 Å². The zero-order valence-corrected chi connectivity index (χ0v) is 27.9. The average Bonchev–Trinajstić information content (AvgIpc) is 3.35. The van der Waals surface area contributed by atoms with E-state index in [0.29, 0.717) is 0 Å². The number of nitrogens with zero attached hydrogens (tertiary/aromatic N) is 4. The predicted octanol–water partition coefficient (Wildman–Crippen LogP) is 6.98. The second-order valence-corrected chi connectivity index (χ2v) is 25.2. The summed E-state index contributed by atoms with van der Waals surface area (Å²) in [5.74, 6) is 3.75. The first kappa shape index (κ1) is 30.1. The molecule has 2 aromatic heterocycles. The Morgan fingerprint density at radius 3 is 2.05 bits per heavy atom. The van der Waals surface area contributed by atoms with E-state index < -0.39 is 18.4 Å². The number of hydrogen-bond acceptors (Lipinski definition) is 6. The summed E-state index contributed by atoms with van der Waals surface area (Å²) in [6.45, 7) is 18.3. The summed E-state index contributed by atoms with van der Waals surface area (Å²) in [5, 5.41) is 0. The third kappa shape index (κ3) is 7.45. The van der Waals surface area contributed by atoms with Crippen LogP contribution in [0, 0.1) is 11.8 Å². The van der Waals surface area contributed by atoms with Crippen LogP contribution in [0.2, 0.25) is 13.3 Å². The second-order valence-electron chi connectivity index (χ2n) is 12.3. The van der Waals surface area contributed by atoms with Gasteiger partial charge in [0.2, 0.25) is 0 Å². The Balaban J connectivity index is 1.70. The average molecular weight is 634 g/mol. The van der Waals surface area contributed by atoms with E-state index in [1.165, 1.54) is 68.5 Å². The molecule has 0 amide bonds. The molecule has 0 atom stereocenters. The molecule has 2 aromatic rings. The minimum atomic E-state index is -2.79. The van der Waals surface area contributed by atoms with Crippen LogP contribution in [0.4, 0.5) is 5.82 Å². The molecule has 4 rings (SSSR count).